The number of para-hydroxylation sites is 1. The summed E-state index contributed by atoms with van der Waals surface area (Å²) < 4.78 is 6.40. The topological polar surface area (TPSA) is 108 Å². The number of aryl methyl sites for hydroxylation is 1. The van der Waals surface area contributed by atoms with E-state index in [1.165, 1.54) is 4.90 Å². The van der Waals surface area contributed by atoms with Crippen LogP contribution in [0.2, 0.25) is 5.02 Å². The van der Waals surface area contributed by atoms with Gasteiger partial charge in [-0.25, -0.2) is 0 Å². The molecule has 3 heterocycles. The van der Waals surface area contributed by atoms with Crippen LogP contribution < -0.4 is 10.6 Å². The minimum Gasteiger partial charge on any atom is -0.396 e. The molecule has 2 bridgehead atoms. The fourth-order valence-corrected chi connectivity index (χ4v) is 6.39. The fourth-order valence-electron chi connectivity index (χ4n) is 6.12. The van der Waals surface area contributed by atoms with Gasteiger partial charge in [0, 0.05) is 19.7 Å². The highest BCUT2D eigenvalue weighted by Crippen LogP contribution is 2.58. The van der Waals surface area contributed by atoms with Crippen LogP contribution in [-0.2, 0) is 25.7 Å². The van der Waals surface area contributed by atoms with Gasteiger partial charge in [-0.2, -0.15) is 0 Å². The Morgan fingerprint density at radius 3 is 2.67 bits per heavy atom. The number of likely N-dealkylation sites (tertiary alicyclic amines) is 1. The van der Waals surface area contributed by atoms with Gasteiger partial charge >= 0.3 is 0 Å². The van der Waals surface area contributed by atoms with Crippen molar-refractivity contribution in [3.05, 3.63) is 64.7 Å². The number of nitrogens with zero attached hydrogens (tertiary/aromatic N) is 1. The molecule has 9 heteroatoms. The molecule has 0 aliphatic carbocycles. The molecule has 3 fully saturated rings. The van der Waals surface area contributed by atoms with Crippen LogP contribution in [0.5, 0.6) is 0 Å². The number of aliphatic hydroxyl groups is 1. The third-order valence-corrected chi connectivity index (χ3v) is 8.00. The normalized spacial score (nSPS) is 28.3. The highest BCUT2D eigenvalue weighted by atomic mass is 35.5. The van der Waals surface area contributed by atoms with E-state index in [9.17, 15) is 19.5 Å². The summed E-state index contributed by atoms with van der Waals surface area (Å²) >= 11 is 6.35. The molecule has 5 atom stereocenters. The molecule has 2 aromatic carbocycles. The van der Waals surface area contributed by atoms with Crippen LogP contribution >= 0.6 is 11.6 Å². The quantitative estimate of drug-likeness (QED) is 0.505. The molecule has 0 aromatic heterocycles. The maximum atomic E-state index is 13.7. The lowest BCUT2D eigenvalue weighted by Gasteiger charge is -2.33. The molecule has 8 nitrogen and oxygen atoms in total. The van der Waals surface area contributed by atoms with Crippen LogP contribution in [0.4, 0.5) is 5.69 Å². The van der Waals surface area contributed by atoms with Crippen molar-refractivity contribution in [2.24, 2.45) is 11.8 Å². The largest absolute Gasteiger partial charge is 0.396 e. The maximum Gasteiger partial charge on any atom is 0.250 e. The Kier molecular flexibility index (Phi) is 6.76. The smallest absolute Gasteiger partial charge is 0.250 e. The monoisotopic (exact) mass is 511 g/mol. The molecular formula is C27H30ClN3O5. The van der Waals surface area contributed by atoms with Crippen LogP contribution in [0.3, 0.4) is 0 Å². The van der Waals surface area contributed by atoms with Crippen LogP contribution in [0.15, 0.2) is 48.5 Å². The first-order valence-corrected chi connectivity index (χ1v) is 12.7. The minimum atomic E-state index is -1.09. The molecule has 2 unspecified atom stereocenters. The Labute approximate surface area is 215 Å². The highest BCUT2D eigenvalue weighted by Gasteiger charge is 2.74. The molecule has 36 heavy (non-hydrogen) atoms. The summed E-state index contributed by atoms with van der Waals surface area (Å²) in [6.45, 7) is 2.26. The van der Waals surface area contributed by atoms with E-state index in [1.807, 2.05) is 43.3 Å². The number of fused-ring (bicyclic) bond motifs is 1. The van der Waals surface area contributed by atoms with Gasteiger partial charge in [0.1, 0.15) is 11.6 Å². The number of carbonyl (C=O) groups excluding carboxylic acids is 3. The molecule has 0 saturated carbocycles. The minimum absolute atomic E-state index is 0.121. The second kappa shape index (κ2) is 9.84. The van der Waals surface area contributed by atoms with Crippen molar-refractivity contribution in [2.45, 2.75) is 50.5 Å². The van der Waals surface area contributed by atoms with Gasteiger partial charge in [0.25, 0.3) is 0 Å². The van der Waals surface area contributed by atoms with Gasteiger partial charge in [-0.3, -0.25) is 14.4 Å². The summed E-state index contributed by atoms with van der Waals surface area (Å²) in [5.74, 6) is -2.35. The van der Waals surface area contributed by atoms with Crippen molar-refractivity contribution < 1.29 is 24.2 Å². The molecule has 3 N–H and O–H groups in total. The van der Waals surface area contributed by atoms with E-state index in [2.05, 4.69) is 10.6 Å². The number of hydrogen-bond acceptors (Lipinski definition) is 5. The number of amides is 3. The number of benzene rings is 2. The molecule has 3 amide bonds. The molecule has 2 aromatic rings. The van der Waals surface area contributed by atoms with E-state index in [0.29, 0.717) is 36.5 Å². The number of anilines is 1. The van der Waals surface area contributed by atoms with Crippen molar-refractivity contribution in [3.8, 4) is 0 Å². The highest BCUT2D eigenvalue weighted by molar-refractivity contribution is 6.34. The molecular weight excluding hydrogens is 482 g/mol. The van der Waals surface area contributed by atoms with Gasteiger partial charge in [0.2, 0.25) is 17.7 Å². The van der Waals surface area contributed by atoms with Crippen LogP contribution in [0, 0.1) is 18.8 Å². The Bertz CT molecular complexity index is 1160. The number of hydrogen-bond donors (Lipinski definition) is 3. The molecule has 3 saturated heterocycles. The Morgan fingerprint density at radius 1 is 1.17 bits per heavy atom. The van der Waals surface area contributed by atoms with E-state index in [-0.39, 0.29) is 25.0 Å². The summed E-state index contributed by atoms with van der Waals surface area (Å²) in [5, 5.41) is 15.7. The predicted octanol–water partition coefficient (Wildman–Crippen LogP) is 2.66. The summed E-state index contributed by atoms with van der Waals surface area (Å²) in [6, 6.07) is 14.0. The maximum absolute atomic E-state index is 13.7. The number of halogens is 1. The second-order valence-corrected chi connectivity index (χ2v) is 10.2. The van der Waals surface area contributed by atoms with Gasteiger partial charge < -0.3 is 25.4 Å². The van der Waals surface area contributed by atoms with Crippen LogP contribution in [0.1, 0.15) is 30.4 Å². The zero-order valence-electron chi connectivity index (χ0n) is 20.1. The second-order valence-electron chi connectivity index (χ2n) is 9.79. The predicted molar refractivity (Wildman–Crippen MR) is 134 cm³/mol. The SMILES string of the molecule is Cc1cccc(Cl)c1NC(=O)C1N(CCCO)C(=O)[C@@H]2[C@H](C(=O)NCc3ccccc3)[C@@H]3CCC12O3. The number of ether oxygens (including phenoxy) is 1. The standard InChI is InChI=1S/C27H30ClN3O5/c1-16-7-5-10-18(28)22(16)30-25(34)23-27-12-11-19(36-27)20(21(27)26(35)31(23)13-6-14-32)24(33)29-15-17-8-3-2-4-9-17/h2-5,7-10,19-21,23,32H,6,11-15H2,1H3,(H,29,33)(H,30,34)/t19-,20+,21-,23?,27?/m0/s1. The lowest BCUT2D eigenvalue weighted by Crippen LogP contribution is -2.53. The van der Waals surface area contributed by atoms with Crippen molar-refractivity contribution in [3.63, 3.8) is 0 Å². The Hall–Kier alpha value is -2.94. The lowest BCUT2D eigenvalue weighted by molar-refractivity contribution is -0.141. The first-order valence-electron chi connectivity index (χ1n) is 12.3. The van der Waals surface area contributed by atoms with E-state index in [0.717, 1.165) is 11.1 Å². The summed E-state index contributed by atoms with van der Waals surface area (Å²) in [4.78, 5) is 42.3. The third-order valence-electron chi connectivity index (χ3n) is 7.69. The van der Waals surface area contributed by atoms with E-state index in [4.69, 9.17) is 16.3 Å². The van der Waals surface area contributed by atoms with Gasteiger partial charge in [0.05, 0.1) is 28.6 Å². The first-order chi connectivity index (χ1) is 17.4. The molecule has 190 valence electrons. The fraction of sp³-hybridized carbons (Fsp3) is 0.444. The zero-order valence-corrected chi connectivity index (χ0v) is 20.8. The summed E-state index contributed by atoms with van der Waals surface area (Å²) in [7, 11) is 0. The van der Waals surface area contributed by atoms with Crippen molar-refractivity contribution >= 4 is 35.0 Å². The molecule has 1 spiro atoms. The van der Waals surface area contributed by atoms with Crippen LogP contribution in [0.25, 0.3) is 0 Å². The van der Waals surface area contributed by atoms with E-state index >= 15 is 0 Å². The first kappa shape index (κ1) is 24.7. The van der Waals surface area contributed by atoms with Crippen molar-refractivity contribution in [1.82, 2.24) is 10.2 Å². The molecule has 0 radical (unpaired) electrons. The van der Waals surface area contributed by atoms with Crippen molar-refractivity contribution in [1.29, 1.82) is 0 Å². The number of rotatable bonds is 8. The van der Waals surface area contributed by atoms with Gasteiger partial charge in [-0.1, -0.05) is 54.1 Å². The van der Waals surface area contributed by atoms with Gasteiger partial charge in [0.15, 0.2) is 0 Å². The number of aliphatic hydroxyl groups excluding tert-OH is 1. The lowest BCUT2D eigenvalue weighted by atomic mass is 9.70. The molecule has 3 aliphatic rings. The third kappa shape index (κ3) is 4.07. The average Bonchev–Trinajstić information content (AvgIpc) is 3.51. The van der Waals surface area contributed by atoms with E-state index < -0.39 is 35.5 Å². The Morgan fingerprint density at radius 2 is 1.94 bits per heavy atom. The van der Waals surface area contributed by atoms with E-state index in [1.54, 1.807) is 12.1 Å². The Balaban J connectivity index is 1.43. The average molecular weight is 512 g/mol. The molecule has 3 aliphatic heterocycles. The summed E-state index contributed by atoms with van der Waals surface area (Å²) in [5.41, 5.74) is 1.15. The molecule has 5 rings (SSSR count). The number of nitrogens with one attached hydrogen (secondary N) is 2. The van der Waals surface area contributed by atoms with Gasteiger partial charge in [-0.15, -0.1) is 0 Å². The van der Waals surface area contributed by atoms with Crippen molar-refractivity contribution in [2.75, 3.05) is 18.5 Å². The van der Waals surface area contributed by atoms with Gasteiger partial charge in [-0.05, 0) is 43.4 Å². The number of carbonyl (C=O) groups is 3. The zero-order chi connectivity index (χ0) is 25.4. The van der Waals surface area contributed by atoms with Crippen LogP contribution in [-0.4, -0.2) is 58.6 Å². The summed E-state index contributed by atoms with van der Waals surface area (Å²) in [6.07, 6.45) is 0.992.